The van der Waals surface area contributed by atoms with E-state index in [1.807, 2.05) is 32.0 Å². The van der Waals surface area contributed by atoms with Crippen molar-refractivity contribution in [2.24, 2.45) is 5.73 Å². The minimum atomic E-state index is -3.39. The first-order valence-electron chi connectivity index (χ1n) is 6.02. The van der Waals surface area contributed by atoms with Crippen LogP contribution in [0, 0.1) is 6.92 Å². The fraction of sp³-hybridized carbons (Fsp3) is 0.538. The van der Waals surface area contributed by atoms with Crippen molar-refractivity contribution in [2.75, 3.05) is 16.6 Å². The molecule has 1 rings (SSSR count). The van der Waals surface area contributed by atoms with Gasteiger partial charge in [-0.1, -0.05) is 12.1 Å². The molecule has 2 N–H and O–H groups in total. The lowest BCUT2D eigenvalue weighted by molar-refractivity contribution is 0.542. The molecule has 5 heteroatoms. The zero-order valence-electron chi connectivity index (χ0n) is 11.5. The van der Waals surface area contributed by atoms with Gasteiger partial charge in [-0.05, 0) is 45.4 Å². The van der Waals surface area contributed by atoms with Crippen molar-refractivity contribution in [1.82, 2.24) is 0 Å². The number of nitrogens with zero attached hydrogens (tertiary/aromatic N) is 1. The van der Waals surface area contributed by atoms with E-state index in [1.54, 1.807) is 19.9 Å². The first-order chi connectivity index (χ1) is 8.15. The Balaban J connectivity index is 3.11. The van der Waals surface area contributed by atoms with Crippen molar-refractivity contribution in [3.05, 3.63) is 29.8 Å². The molecule has 0 aliphatic rings. The molecular weight excluding hydrogens is 248 g/mol. The number of anilines is 1. The Bertz CT molecular complexity index is 504. The average Bonchev–Trinajstić information content (AvgIpc) is 2.13. The number of nitrogens with two attached hydrogens (primary N) is 1. The molecule has 0 fully saturated rings. The topological polar surface area (TPSA) is 63.4 Å². The Morgan fingerprint density at radius 1 is 1.33 bits per heavy atom. The van der Waals surface area contributed by atoms with E-state index < -0.39 is 15.6 Å². The fourth-order valence-corrected chi connectivity index (χ4v) is 3.80. The van der Waals surface area contributed by atoms with Crippen molar-refractivity contribution in [1.29, 1.82) is 0 Å². The van der Waals surface area contributed by atoms with E-state index in [-0.39, 0.29) is 5.75 Å². The molecule has 0 bridgehead atoms. The maximum atomic E-state index is 12.3. The van der Waals surface area contributed by atoms with E-state index in [1.165, 1.54) is 4.31 Å². The number of aryl methyl sites for hydroxylation is 1. The molecule has 0 saturated heterocycles. The maximum Gasteiger partial charge on any atom is 0.236 e. The molecule has 0 saturated carbocycles. The van der Waals surface area contributed by atoms with Gasteiger partial charge in [-0.15, -0.1) is 0 Å². The predicted octanol–water partition coefficient (Wildman–Crippen LogP) is 1.89. The summed E-state index contributed by atoms with van der Waals surface area (Å²) in [4.78, 5) is 0. The molecule has 0 aliphatic heterocycles. The van der Waals surface area contributed by atoms with Crippen LogP contribution in [0.3, 0.4) is 0 Å². The van der Waals surface area contributed by atoms with Crippen molar-refractivity contribution in [3.63, 3.8) is 0 Å². The Morgan fingerprint density at radius 3 is 2.39 bits per heavy atom. The lowest BCUT2D eigenvalue weighted by Crippen LogP contribution is -2.45. The number of rotatable bonds is 5. The Morgan fingerprint density at radius 2 is 1.94 bits per heavy atom. The van der Waals surface area contributed by atoms with Crippen LogP contribution < -0.4 is 10.0 Å². The van der Waals surface area contributed by atoms with Gasteiger partial charge < -0.3 is 5.73 Å². The molecule has 102 valence electrons. The van der Waals surface area contributed by atoms with Gasteiger partial charge in [0.25, 0.3) is 0 Å². The number of hydrogen-bond acceptors (Lipinski definition) is 3. The van der Waals surface area contributed by atoms with E-state index >= 15 is 0 Å². The van der Waals surface area contributed by atoms with Gasteiger partial charge >= 0.3 is 0 Å². The predicted molar refractivity (Wildman–Crippen MR) is 76.3 cm³/mol. The van der Waals surface area contributed by atoms with Gasteiger partial charge in [-0.25, -0.2) is 8.42 Å². The smallest absolute Gasteiger partial charge is 0.236 e. The summed E-state index contributed by atoms with van der Waals surface area (Å²) >= 11 is 0. The monoisotopic (exact) mass is 270 g/mol. The highest BCUT2D eigenvalue weighted by Gasteiger charge is 2.27. The summed E-state index contributed by atoms with van der Waals surface area (Å²) in [5.74, 6) is -0.0677. The van der Waals surface area contributed by atoms with Gasteiger partial charge in [-0.3, -0.25) is 4.31 Å². The van der Waals surface area contributed by atoms with E-state index in [4.69, 9.17) is 5.73 Å². The van der Waals surface area contributed by atoms with Gasteiger partial charge in [0.1, 0.15) is 0 Å². The molecule has 0 radical (unpaired) electrons. The van der Waals surface area contributed by atoms with Crippen molar-refractivity contribution in [3.8, 4) is 0 Å². The molecule has 0 spiro atoms. The number of sulfonamides is 1. The van der Waals surface area contributed by atoms with Crippen molar-refractivity contribution in [2.45, 2.75) is 33.2 Å². The molecule has 0 atom stereocenters. The van der Waals surface area contributed by atoms with Gasteiger partial charge in [-0.2, -0.15) is 0 Å². The fourth-order valence-electron chi connectivity index (χ4n) is 1.87. The average molecular weight is 270 g/mol. The van der Waals surface area contributed by atoms with Crippen LogP contribution in [0.5, 0.6) is 0 Å². The summed E-state index contributed by atoms with van der Waals surface area (Å²) < 4.78 is 26.1. The molecule has 4 nitrogen and oxygen atoms in total. The third-order valence-electron chi connectivity index (χ3n) is 2.47. The summed E-state index contributed by atoms with van der Waals surface area (Å²) in [7, 11) is -3.39. The third kappa shape index (κ3) is 3.99. The van der Waals surface area contributed by atoms with E-state index in [2.05, 4.69) is 0 Å². The summed E-state index contributed by atoms with van der Waals surface area (Å²) in [6.45, 7) is 7.60. The Labute approximate surface area is 110 Å². The van der Waals surface area contributed by atoms with Crippen molar-refractivity contribution < 1.29 is 8.42 Å². The SMILES string of the molecule is CCN(c1cccc(C)c1)S(=O)(=O)CC(C)(C)N. The van der Waals surface area contributed by atoms with Crippen LogP contribution >= 0.6 is 0 Å². The normalized spacial score (nSPS) is 12.5. The second kappa shape index (κ2) is 5.28. The molecule has 1 aromatic carbocycles. The molecule has 0 heterocycles. The first-order valence-corrected chi connectivity index (χ1v) is 7.62. The largest absolute Gasteiger partial charge is 0.325 e. The van der Waals surface area contributed by atoms with Crippen LogP contribution in [0.1, 0.15) is 26.3 Å². The van der Waals surface area contributed by atoms with Crippen LogP contribution in [0.25, 0.3) is 0 Å². The van der Waals surface area contributed by atoms with Crippen LogP contribution in [0.2, 0.25) is 0 Å². The standard InChI is InChI=1S/C13H22N2O2S/c1-5-15(12-8-6-7-11(2)9-12)18(16,17)10-13(3,4)14/h6-9H,5,10,14H2,1-4H3. The molecule has 1 aromatic rings. The van der Waals surface area contributed by atoms with Crippen LogP contribution in [-0.2, 0) is 10.0 Å². The van der Waals surface area contributed by atoms with Gasteiger partial charge in [0, 0.05) is 12.1 Å². The quantitative estimate of drug-likeness (QED) is 0.888. The maximum absolute atomic E-state index is 12.3. The number of hydrogen-bond donors (Lipinski definition) is 1. The molecule has 0 amide bonds. The zero-order valence-corrected chi connectivity index (χ0v) is 12.3. The second-order valence-electron chi connectivity index (χ2n) is 5.25. The summed E-state index contributed by atoms with van der Waals surface area (Å²) in [5.41, 5.74) is 6.81. The number of benzene rings is 1. The van der Waals surface area contributed by atoms with E-state index in [0.29, 0.717) is 12.2 Å². The summed E-state index contributed by atoms with van der Waals surface area (Å²) in [5, 5.41) is 0. The Hall–Kier alpha value is -1.07. The molecule has 0 unspecified atom stereocenters. The minimum Gasteiger partial charge on any atom is -0.325 e. The van der Waals surface area contributed by atoms with Crippen molar-refractivity contribution >= 4 is 15.7 Å². The summed E-state index contributed by atoms with van der Waals surface area (Å²) in [6.07, 6.45) is 0. The first kappa shape index (κ1) is 15.0. The lowest BCUT2D eigenvalue weighted by atomic mass is 10.1. The zero-order chi connectivity index (χ0) is 14.0. The highest BCUT2D eigenvalue weighted by atomic mass is 32.2. The third-order valence-corrected chi connectivity index (χ3v) is 4.72. The highest BCUT2D eigenvalue weighted by molar-refractivity contribution is 7.92. The van der Waals surface area contributed by atoms with Gasteiger partial charge in [0.05, 0.1) is 11.4 Å². The van der Waals surface area contributed by atoms with Crippen LogP contribution in [0.15, 0.2) is 24.3 Å². The lowest BCUT2D eigenvalue weighted by Gasteiger charge is -2.27. The molecule has 0 aromatic heterocycles. The second-order valence-corrected chi connectivity index (χ2v) is 7.14. The molecule has 0 aliphatic carbocycles. The van der Waals surface area contributed by atoms with Crippen LogP contribution in [-0.4, -0.2) is 26.3 Å². The molecule has 18 heavy (non-hydrogen) atoms. The van der Waals surface area contributed by atoms with Crippen LogP contribution in [0.4, 0.5) is 5.69 Å². The minimum absolute atomic E-state index is 0.0677. The van der Waals surface area contributed by atoms with Gasteiger partial charge in [0.2, 0.25) is 10.0 Å². The highest BCUT2D eigenvalue weighted by Crippen LogP contribution is 2.21. The molecular formula is C13H22N2O2S. The summed E-state index contributed by atoms with van der Waals surface area (Å²) in [6, 6.07) is 7.47. The Kier molecular flexibility index (Phi) is 4.40. The van der Waals surface area contributed by atoms with E-state index in [0.717, 1.165) is 5.56 Å². The van der Waals surface area contributed by atoms with Gasteiger partial charge in [0.15, 0.2) is 0 Å². The van der Waals surface area contributed by atoms with E-state index in [9.17, 15) is 8.42 Å².